The van der Waals surface area contributed by atoms with E-state index in [1.165, 1.54) is 0 Å². The van der Waals surface area contributed by atoms with Crippen LogP contribution in [0, 0.1) is 0 Å². The maximum atomic E-state index is 12.4. The van der Waals surface area contributed by atoms with Gasteiger partial charge in [0.2, 0.25) is 5.91 Å². The summed E-state index contributed by atoms with van der Waals surface area (Å²) in [6.07, 6.45) is 2.17. The van der Waals surface area contributed by atoms with Crippen molar-refractivity contribution in [3.63, 3.8) is 0 Å². The van der Waals surface area contributed by atoms with Crippen LogP contribution in [-0.4, -0.2) is 39.5 Å². The summed E-state index contributed by atoms with van der Waals surface area (Å²) < 4.78 is 2.16. The molecule has 1 saturated heterocycles. The highest BCUT2D eigenvalue weighted by Gasteiger charge is 2.37. The van der Waals surface area contributed by atoms with Crippen molar-refractivity contribution in [3.05, 3.63) is 0 Å². The van der Waals surface area contributed by atoms with E-state index in [4.69, 9.17) is 0 Å². The van der Waals surface area contributed by atoms with Gasteiger partial charge in [-0.05, 0) is 12.8 Å². The SMILES string of the molecule is C[Si](C)(C)NC1CCCN([Si](C)(C)C)C1=O. The predicted molar refractivity (Wildman–Crippen MR) is 74.6 cm³/mol. The Hall–Kier alpha value is -0.136. The largest absolute Gasteiger partial charge is 0.369 e. The lowest BCUT2D eigenvalue weighted by Gasteiger charge is -2.42. The second-order valence-corrected chi connectivity index (χ2v) is 16.4. The molecule has 0 aliphatic carbocycles. The number of nitrogens with zero attached hydrogens (tertiary/aromatic N) is 1. The van der Waals surface area contributed by atoms with Crippen molar-refractivity contribution < 1.29 is 4.79 Å². The van der Waals surface area contributed by atoms with Crippen LogP contribution in [0.1, 0.15) is 12.8 Å². The van der Waals surface area contributed by atoms with Gasteiger partial charge in [-0.15, -0.1) is 0 Å². The molecular weight excluding hydrogens is 232 g/mol. The molecule has 1 fully saturated rings. The summed E-state index contributed by atoms with van der Waals surface area (Å²) >= 11 is 0. The second kappa shape index (κ2) is 4.62. The fraction of sp³-hybridized carbons (Fsp3) is 0.909. The molecule has 1 unspecified atom stereocenters. The van der Waals surface area contributed by atoms with Crippen molar-refractivity contribution in [1.82, 2.24) is 9.55 Å². The van der Waals surface area contributed by atoms with Crippen molar-refractivity contribution in [1.29, 1.82) is 0 Å². The molecule has 0 saturated carbocycles. The zero-order chi connectivity index (χ0) is 12.6. The first kappa shape index (κ1) is 13.9. The van der Waals surface area contributed by atoms with Crippen LogP contribution in [0.3, 0.4) is 0 Å². The monoisotopic (exact) mass is 258 g/mol. The van der Waals surface area contributed by atoms with E-state index in [2.05, 4.69) is 48.8 Å². The summed E-state index contributed by atoms with van der Waals surface area (Å²) in [7, 11) is -2.83. The Morgan fingerprint density at radius 2 is 1.75 bits per heavy atom. The lowest BCUT2D eigenvalue weighted by Crippen LogP contribution is -2.62. The smallest absolute Gasteiger partial charge is 0.231 e. The highest BCUT2D eigenvalue weighted by Crippen LogP contribution is 2.20. The van der Waals surface area contributed by atoms with E-state index in [0.29, 0.717) is 5.91 Å². The first-order chi connectivity index (χ1) is 7.11. The average Bonchev–Trinajstić information content (AvgIpc) is 2.04. The minimum absolute atomic E-state index is 0.0899. The summed E-state index contributed by atoms with van der Waals surface area (Å²) in [5.41, 5.74) is 0. The second-order valence-electron chi connectivity index (χ2n) is 6.75. The van der Waals surface area contributed by atoms with E-state index in [9.17, 15) is 4.79 Å². The van der Waals surface area contributed by atoms with Crippen molar-refractivity contribution >= 4 is 22.4 Å². The molecule has 3 nitrogen and oxygen atoms in total. The van der Waals surface area contributed by atoms with Crippen molar-refractivity contribution in [3.8, 4) is 0 Å². The standard InChI is InChI=1S/C11H26N2OSi2/c1-15(2,3)12-10-8-7-9-13(11(10)14)16(4,5)6/h10,12H,7-9H2,1-6H3. The van der Waals surface area contributed by atoms with Gasteiger partial charge in [0.15, 0.2) is 8.24 Å². The van der Waals surface area contributed by atoms with Gasteiger partial charge in [0, 0.05) is 6.54 Å². The normalized spacial score (nSPS) is 23.8. The molecule has 0 spiro atoms. The quantitative estimate of drug-likeness (QED) is 0.788. The Morgan fingerprint density at radius 3 is 2.19 bits per heavy atom. The number of amides is 1. The van der Waals surface area contributed by atoms with E-state index in [1.807, 2.05) is 0 Å². The first-order valence-corrected chi connectivity index (χ1v) is 13.2. The van der Waals surface area contributed by atoms with Gasteiger partial charge >= 0.3 is 0 Å². The van der Waals surface area contributed by atoms with E-state index >= 15 is 0 Å². The first-order valence-electron chi connectivity index (χ1n) is 6.20. The van der Waals surface area contributed by atoms with Crippen LogP contribution in [0.4, 0.5) is 0 Å². The lowest BCUT2D eigenvalue weighted by molar-refractivity contribution is -0.130. The lowest BCUT2D eigenvalue weighted by atomic mass is 10.1. The highest BCUT2D eigenvalue weighted by molar-refractivity contribution is 6.76. The maximum absolute atomic E-state index is 12.4. The molecule has 0 aromatic heterocycles. The maximum Gasteiger partial charge on any atom is 0.231 e. The van der Waals surface area contributed by atoms with Gasteiger partial charge in [-0.2, -0.15) is 0 Å². The van der Waals surface area contributed by atoms with Crippen molar-refractivity contribution in [2.45, 2.75) is 58.2 Å². The Kier molecular flexibility index (Phi) is 4.02. The number of nitrogens with one attached hydrogen (secondary N) is 1. The molecular formula is C11H26N2OSi2. The van der Waals surface area contributed by atoms with Crippen LogP contribution < -0.4 is 4.98 Å². The van der Waals surface area contributed by atoms with Crippen LogP contribution in [-0.2, 0) is 4.79 Å². The molecule has 0 radical (unpaired) electrons. The minimum Gasteiger partial charge on any atom is -0.369 e. The molecule has 1 heterocycles. The van der Waals surface area contributed by atoms with Gasteiger partial charge in [-0.3, -0.25) is 4.79 Å². The minimum atomic E-state index is -1.48. The van der Waals surface area contributed by atoms with Crippen LogP contribution in [0.2, 0.25) is 39.3 Å². The molecule has 0 aromatic rings. The van der Waals surface area contributed by atoms with E-state index in [1.54, 1.807) is 0 Å². The fourth-order valence-electron chi connectivity index (χ4n) is 2.20. The van der Waals surface area contributed by atoms with E-state index < -0.39 is 16.5 Å². The summed E-state index contributed by atoms with van der Waals surface area (Å²) in [6.45, 7) is 14.5. The number of rotatable bonds is 3. The van der Waals surface area contributed by atoms with Gasteiger partial charge in [-0.25, -0.2) is 0 Å². The summed E-state index contributed by atoms with van der Waals surface area (Å²) in [4.78, 5) is 16.0. The molecule has 0 bridgehead atoms. The zero-order valence-corrected chi connectivity index (χ0v) is 13.6. The number of piperidine rings is 1. The predicted octanol–water partition coefficient (Wildman–Crippen LogP) is 2.24. The van der Waals surface area contributed by atoms with Crippen molar-refractivity contribution in [2.75, 3.05) is 6.54 Å². The van der Waals surface area contributed by atoms with Gasteiger partial charge in [0.1, 0.15) is 8.24 Å². The third-order valence-electron chi connectivity index (χ3n) is 2.86. The molecule has 1 aliphatic rings. The Morgan fingerprint density at radius 1 is 1.19 bits per heavy atom. The van der Waals surface area contributed by atoms with E-state index in [0.717, 1.165) is 19.4 Å². The zero-order valence-electron chi connectivity index (χ0n) is 11.6. The van der Waals surface area contributed by atoms with Gasteiger partial charge in [-0.1, -0.05) is 39.3 Å². The van der Waals surface area contributed by atoms with Crippen LogP contribution >= 0.6 is 0 Å². The third kappa shape index (κ3) is 3.71. The van der Waals surface area contributed by atoms with Crippen molar-refractivity contribution in [2.24, 2.45) is 0 Å². The molecule has 1 amide bonds. The fourth-order valence-corrected chi connectivity index (χ4v) is 5.16. The van der Waals surface area contributed by atoms with E-state index in [-0.39, 0.29) is 6.04 Å². The molecule has 16 heavy (non-hydrogen) atoms. The molecule has 1 N–H and O–H groups in total. The summed E-state index contributed by atoms with van der Waals surface area (Å²) in [5.74, 6) is 0.354. The van der Waals surface area contributed by atoms with Crippen LogP contribution in [0.25, 0.3) is 0 Å². The topological polar surface area (TPSA) is 32.3 Å². The Labute approximate surface area is 102 Å². The highest BCUT2D eigenvalue weighted by atomic mass is 28.3. The number of carbonyl (C=O) groups excluding carboxylic acids is 1. The van der Waals surface area contributed by atoms with Crippen LogP contribution in [0.5, 0.6) is 0 Å². The summed E-state index contributed by atoms with van der Waals surface area (Å²) in [6, 6.07) is 0.0899. The van der Waals surface area contributed by atoms with Gasteiger partial charge < -0.3 is 9.55 Å². The molecule has 1 aliphatic heterocycles. The average molecular weight is 259 g/mol. The summed E-state index contributed by atoms with van der Waals surface area (Å²) in [5, 5.41) is 0. The van der Waals surface area contributed by atoms with Crippen LogP contribution in [0.15, 0.2) is 0 Å². The molecule has 94 valence electrons. The molecule has 1 atom stereocenters. The number of hydrogen-bond donors (Lipinski definition) is 1. The number of carbonyl (C=O) groups is 1. The number of hydrogen-bond acceptors (Lipinski definition) is 2. The Bertz CT molecular complexity index is 268. The third-order valence-corrected chi connectivity index (χ3v) is 6.13. The van der Waals surface area contributed by atoms with Gasteiger partial charge in [0.25, 0.3) is 0 Å². The molecule has 1 rings (SSSR count). The Balaban J connectivity index is 2.72. The van der Waals surface area contributed by atoms with Gasteiger partial charge in [0.05, 0.1) is 6.04 Å². The molecule has 5 heteroatoms. The molecule has 0 aromatic carbocycles.